The molecule has 32 heavy (non-hydrogen) atoms. The van der Waals surface area contributed by atoms with Gasteiger partial charge in [-0.05, 0) is 46.9 Å². The van der Waals surface area contributed by atoms with Gasteiger partial charge < -0.3 is 4.74 Å². The van der Waals surface area contributed by atoms with Gasteiger partial charge in [-0.15, -0.1) is 10.2 Å². The number of rotatable bonds is 6. The number of aromatic nitrogens is 6. The highest BCUT2D eigenvalue weighted by Gasteiger charge is 2.12. The lowest BCUT2D eigenvalue weighted by atomic mass is 9.98. The number of benzene rings is 2. The van der Waals surface area contributed by atoms with E-state index in [9.17, 15) is 0 Å². The number of aryl methyl sites for hydroxylation is 2. The molecule has 2 aromatic carbocycles. The number of nitrogens with one attached hydrogen (secondary N) is 1. The molecule has 3 aromatic heterocycles. The molecule has 7 heteroatoms. The molecule has 5 rings (SSSR count). The summed E-state index contributed by atoms with van der Waals surface area (Å²) in [5.41, 5.74) is 7.92. The molecule has 0 saturated heterocycles. The Morgan fingerprint density at radius 3 is 2.50 bits per heavy atom. The van der Waals surface area contributed by atoms with Crippen LogP contribution in [-0.2, 0) is 13.0 Å². The van der Waals surface area contributed by atoms with Crippen molar-refractivity contribution in [2.24, 2.45) is 0 Å². The van der Waals surface area contributed by atoms with E-state index in [-0.39, 0.29) is 0 Å². The Morgan fingerprint density at radius 2 is 1.75 bits per heavy atom. The highest BCUT2D eigenvalue weighted by molar-refractivity contribution is 5.83. The van der Waals surface area contributed by atoms with Crippen LogP contribution in [0.5, 0.6) is 5.75 Å². The minimum atomic E-state index is 0.449. The molecule has 1 N–H and O–H groups in total. The minimum Gasteiger partial charge on any atom is -0.486 e. The first-order valence-corrected chi connectivity index (χ1v) is 10.5. The average molecular weight is 422 g/mol. The number of tetrazole rings is 1. The highest BCUT2D eigenvalue weighted by Crippen LogP contribution is 2.30. The third-order valence-corrected chi connectivity index (χ3v) is 5.45. The van der Waals surface area contributed by atoms with Gasteiger partial charge in [-0.25, -0.2) is 0 Å². The van der Waals surface area contributed by atoms with Crippen LogP contribution >= 0.6 is 0 Å². The molecule has 0 saturated carbocycles. The summed E-state index contributed by atoms with van der Waals surface area (Å²) in [6.07, 6.45) is 2.64. The second-order valence-corrected chi connectivity index (χ2v) is 7.56. The maximum Gasteiger partial charge on any atom is 0.205 e. The molecule has 0 atom stereocenters. The molecular formula is C25H22N6O. The number of aromatic amines is 1. The van der Waals surface area contributed by atoms with E-state index in [1.165, 1.54) is 0 Å². The molecule has 0 radical (unpaired) electrons. The summed E-state index contributed by atoms with van der Waals surface area (Å²) < 4.78 is 6.20. The molecular weight excluding hydrogens is 400 g/mol. The number of hydrogen-bond donors (Lipinski definition) is 1. The Hall–Kier alpha value is -4.13. The van der Waals surface area contributed by atoms with E-state index in [4.69, 9.17) is 9.72 Å². The van der Waals surface area contributed by atoms with Crippen LogP contribution in [0, 0.1) is 6.92 Å². The van der Waals surface area contributed by atoms with Crippen LogP contribution in [0.3, 0.4) is 0 Å². The van der Waals surface area contributed by atoms with Gasteiger partial charge in [-0.3, -0.25) is 9.97 Å². The fraction of sp³-hybridized carbons (Fsp3) is 0.160. The highest BCUT2D eigenvalue weighted by atomic mass is 16.5. The van der Waals surface area contributed by atoms with Crippen molar-refractivity contribution in [3.05, 3.63) is 83.7 Å². The number of fused-ring (bicyclic) bond motifs is 1. The molecule has 0 aliphatic carbocycles. The summed E-state index contributed by atoms with van der Waals surface area (Å²) in [7, 11) is 0. The maximum absolute atomic E-state index is 6.20. The Labute approximate surface area is 185 Å². The molecule has 0 bridgehead atoms. The van der Waals surface area contributed by atoms with E-state index in [1.54, 1.807) is 6.20 Å². The van der Waals surface area contributed by atoms with Crippen molar-refractivity contribution in [3.63, 3.8) is 0 Å². The van der Waals surface area contributed by atoms with Gasteiger partial charge in [0.2, 0.25) is 5.82 Å². The van der Waals surface area contributed by atoms with Crippen LogP contribution in [-0.4, -0.2) is 30.6 Å². The van der Waals surface area contributed by atoms with E-state index in [2.05, 4.69) is 62.9 Å². The first-order chi connectivity index (χ1) is 15.7. The Morgan fingerprint density at radius 1 is 0.938 bits per heavy atom. The Kier molecular flexibility index (Phi) is 5.29. The normalized spacial score (nSPS) is 11.1. The molecule has 0 aliphatic rings. The SMILES string of the molecule is CCc1cc(OCc2ccc(-c3ccccc3-c3nn[nH]n3)cc2)c2nccc(C)c2n1. The van der Waals surface area contributed by atoms with Crippen molar-refractivity contribution < 1.29 is 4.74 Å². The zero-order chi connectivity index (χ0) is 21.9. The van der Waals surface area contributed by atoms with E-state index < -0.39 is 0 Å². The second-order valence-electron chi connectivity index (χ2n) is 7.56. The van der Waals surface area contributed by atoms with Crippen LogP contribution in [0.15, 0.2) is 66.9 Å². The summed E-state index contributed by atoms with van der Waals surface area (Å²) >= 11 is 0. The lowest BCUT2D eigenvalue weighted by molar-refractivity contribution is 0.309. The predicted octanol–water partition coefficient (Wildman–Crippen LogP) is 4.93. The van der Waals surface area contributed by atoms with Crippen LogP contribution < -0.4 is 4.74 Å². The molecule has 5 aromatic rings. The zero-order valence-electron chi connectivity index (χ0n) is 17.9. The molecule has 3 heterocycles. The van der Waals surface area contributed by atoms with Gasteiger partial charge in [-0.2, -0.15) is 5.21 Å². The van der Waals surface area contributed by atoms with Gasteiger partial charge in [0.15, 0.2) is 0 Å². The number of hydrogen-bond acceptors (Lipinski definition) is 6. The van der Waals surface area contributed by atoms with E-state index >= 15 is 0 Å². The number of H-pyrrole nitrogens is 1. The largest absolute Gasteiger partial charge is 0.486 e. The van der Waals surface area contributed by atoms with E-state index in [1.807, 2.05) is 37.3 Å². The van der Waals surface area contributed by atoms with Crippen molar-refractivity contribution in [2.75, 3.05) is 0 Å². The van der Waals surface area contributed by atoms with Gasteiger partial charge in [0.05, 0.1) is 5.52 Å². The quantitative estimate of drug-likeness (QED) is 0.417. The van der Waals surface area contributed by atoms with Gasteiger partial charge in [0.25, 0.3) is 0 Å². The third-order valence-electron chi connectivity index (χ3n) is 5.45. The van der Waals surface area contributed by atoms with Crippen LogP contribution in [0.4, 0.5) is 0 Å². The van der Waals surface area contributed by atoms with Crippen LogP contribution in [0.1, 0.15) is 23.7 Å². The van der Waals surface area contributed by atoms with Gasteiger partial charge >= 0.3 is 0 Å². The smallest absolute Gasteiger partial charge is 0.205 e. The van der Waals surface area contributed by atoms with Crippen molar-refractivity contribution in [2.45, 2.75) is 26.9 Å². The molecule has 0 unspecified atom stereocenters. The van der Waals surface area contributed by atoms with Crippen molar-refractivity contribution >= 4 is 11.0 Å². The number of ether oxygens (including phenoxy) is 1. The summed E-state index contributed by atoms with van der Waals surface area (Å²) in [6, 6.07) is 20.3. The summed E-state index contributed by atoms with van der Waals surface area (Å²) in [5, 5.41) is 14.4. The zero-order valence-corrected chi connectivity index (χ0v) is 17.9. The van der Waals surface area contributed by atoms with Gasteiger partial charge in [0.1, 0.15) is 17.9 Å². The van der Waals surface area contributed by atoms with Crippen LogP contribution in [0.25, 0.3) is 33.5 Å². The lowest BCUT2D eigenvalue weighted by Crippen LogP contribution is -2.00. The van der Waals surface area contributed by atoms with Crippen molar-refractivity contribution in [1.82, 2.24) is 30.6 Å². The predicted molar refractivity (Wildman–Crippen MR) is 123 cm³/mol. The monoisotopic (exact) mass is 422 g/mol. The fourth-order valence-corrected chi connectivity index (χ4v) is 3.71. The van der Waals surface area contributed by atoms with Crippen LogP contribution in [0.2, 0.25) is 0 Å². The molecule has 0 amide bonds. The third kappa shape index (κ3) is 3.80. The molecule has 7 nitrogen and oxygen atoms in total. The number of pyridine rings is 2. The first-order valence-electron chi connectivity index (χ1n) is 10.5. The first kappa shape index (κ1) is 19.8. The Balaban J connectivity index is 1.40. The van der Waals surface area contributed by atoms with Gasteiger partial charge in [-0.1, -0.05) is 55.5 Å². The molecule has 158 valence electrons. The minimum absolute atomic E-state index is 0.449. The second kappa shape index (κ2) is 8.55. The molecule has 0 aliphatic heterocycles. The maximum atomic E-state index is 6.20. The fourth-order valence-electron chi connectivity index (χ4n) is 3.71. The summed E-state index contributed by atoms with van der Waals surface area (Å²) in [5.74, 6) is 1.34. The molecule has 0 fully saturated rings. The topological polar surface area (TPSA) is 89.5 Å². The number of nitrogens with zero attached hydrogens (tertiary/aromatic N) is 5. The van der Waals surface area contributed by atoms with E-state index in [0.29, 0.717) is 12.4 Å². The summed E-state index contributed by atoms with van der Waals surface area (Å²) in [4.78, 5) is 9.23. The van der Waals surface area contributed by atoms with Gasteiger partial charge in [0, 0.05) is 23.5 Å². The Bertz CT molecular complexity index is 1360. The molecule has 0 spiro atoms. The standard InChI is InChI=1S/C25H22N6O/c1-3-19-14-22(24-23(27-19)16(2)12-13-26-24)32-15-17-8-10-18(11-9-17)20-6-4-5-7-21(20)25-28-30-31-29-25/h4-14H,3,15H2,1-2H3,(H,28,29,30,31). The van der Waals surface area contributed by atoms with Crippen molar-refractivity contribution in [3.8, 4) is 28.3 Å². The summed E-state index contributed by atoms with van der Waals surface area (Å²) in [6.45, 7) is 4.59. The van der Waals surface area contributed by atoms with Crippen molar-refractivity contribution in [1.29, 1.82) is 0 Å². The average Bonchev–Trinajstić information content (AvgIpc) is 3.38. The van der Waals surface area contributed by atoms with E-state index in [0.717, 1.165) is 56.7 Å². The lowest BCUT2D eigenvalue weighted by Gasteiger charge is -2.12.